The first-order valence-corrected chi connectivity index (χ1v) is 7.97. The van der Waals surface area contributed by atoms with Crippen LogP contribution >= 0.6 is 0 Å². The molecule has 0 unspecified atom stereocenters. The number of ether oxygens (including phenoxy) is 4. The van der Waals surface area contributed by atoms with Gasteiger partial charge in [-0.2, -0.15) is 0 Å². The predicted octanol–water partition coefficient (Wildman–Crippen LogP) is 2.07. The number of carbonyl (C=O) groups is 1. The zero-order valence-electron chi connectivity index (χ0n) is 13.7. The lowest BCUT2D eigenvalue weighted by Crippen LogP contribution is -2.51. The maximum Gasteiger partial charge on any atom is 0.257 e. The summed E-state index contributed by atoms with van der Waals surface area (Å²) in [6.07, 6.45) is 2.33. The van der Waals surface area contributed by atoms with Crippen LogP contribution in [-0.4, -0.2) is 57.1 Å². The van der Waals surface area contributed by atoms with Gasteiger partial charge in [0.2, 0.25) is 0 Å². The van der Waals surface area contributed by atoms with Crippen LogP contribution in [0.3, 0.4) is 0 Å². The lowest BCUT2D eigenvalue weighted by atomic mass is 10.0. The number of amides is 1. The molecule has 1 aromatic rings. The van der Waals surface area contributed by atoms with Crippen molar-refractivity contribution >= 4 is 5.91 Å². The summed E-state index contributed by atoms with van der Waals surface area (Å²) in [7, 11) is 3.11. The molecule has 6 nitrogen and oxygen atoms in total. The van der Waals surface area contributed by atoms with Gasteiger partial charge in [0.1, 0.15) is 0 Å². The minimum absolute atomic E-state index is 0.0496. The molecule has 1 aromatic carbocycles. The second-order valence-electron chi connectivity index (χ2n) is 5.79. The van der Waals surface area contributed by atoms with Gasteiger partial charge in [-0.1, -0.05) is 6.07 Å². The van der Waals surface area contributed by atoms with Crippen molar-refractivity contribution in [2.24, 2.45) is 0 Å². The first-order chi connectivity index (χ1) is 11.2. The Morgan fingerprint density at radius 1 is 1.13 bits per heavy atom. The second-order valence-corrected chi connectivity index (χ2v) is 5.79. The van der Waals surface area contributed by atoms with Crippen LogP contribution < -0.4 is 9.47 Å². The molecular formula is C17H23NO5. The van der Waals surface area contributed by atoms with Crippen LogP contribution in [0.15, 0.2) is 18.2 Å². The minimum Gasteiger partial charge on any atom is -0.493 e. The predicted molar refractivity (Wildman–Crippen MR) is 83.9 cm³/mol. The Labute approximate surface area is 136 Å². The highest BCUT2D eigenvalue weighted by Crippen LogP contribution is 2.34. The summed E-state index contributed by atoms with van der Waals surface area (Å²) in [5.74, 6) is 0.496. The van der Waals surface area contributed by atoms with Gasteiger partial charge in [0.15, 0.2) is 17.3 Å². The largest absolute Gasteiger partial charge is 0.493 e. The Hall–Kier alpha value is -1.79. The van der Waals surface area contributed by atoms with E-state index < -0.39 is 5.79 Å². The number of carbonyl (C=O) groups excluding carboxylic acids is 1. The molecule has 2 heterocycles. The molecular weight excluding hydrogens is 298 g/mol. The number of piperidine rings is 1. The molecule has 126 valence electrons. The van der Waals surface area contributed by atoms with E-state index in [9.17, 15) is 4.79 Å². The Morgan fingerprint density at radius 2 is 1.83 bits per heavy atom. The number of rotatable bonds is 3. The highest BCUT2D eigenvalue weighted by atomic mass is 16.7. The minimum atomic E-state index is -0.493. The second kappa shape index (κ2) is 6.76. The standard InChI is InChI=1S/C17H23NO5/c1-20-14-6-3-5-13(15(14)21-2)16(19)18-9-7-17(8-10-18)22-11-4-12-23-17/h3,5-6H,4,7-12H2,1-2H3. The molecule has 0 N–H and O–H groups in total. The van der Waals surface area contributed by atoms with Crippen LogP contribution in [0, 0.1) is 0 Å². The highest BCUT2D eigenvalue weighted by Gasteiger charge is 2.39. The zero-order chi connectivity index (χ0) is 16.3. The number of nitrogens with zero attached hydrogens (tertiary/aromatic N) is 1. The molecule has 0 saturated carbocycles. The lowest BCUT2D eigenvalue weighted by molar-refractivity contribution is -0.281. The lowest BCUT2D eigenvalue weighted by Gasteiger charge is -2.43. The van der Waals surface area contributed by atoms with Gasteiger partial charge in [-0.05, 0) is 18.6 Å². The first-order valence-electron chi connectivity index (χ1n) is 7.97. The van der Waals surface area contributed by atoms with Crippen LogP contribution in [0.4, 0.5) is 0 Å². The van der Waals surface area contributed by atoms with Crippen molar-refractivity contribution in [2.45, 2.75) is 25.0 Å². The normalized spacial score (nSPS) is 20.3. The van der Waals surface area contributed by atoms with E-state index in [-0.39, 0.29) is 5.91 Å². The molecule has 2 aliphatic heterocycles. The van der Waals surface area contributed by atoms with Crippen molar-refractivity contribution < 1.29 is 23.7 Å². The first kappa shape index (κ1) is 16.1. The van der Waals surface area contributed by atoms with E-state index in [1.165, 1.54) is 0 Å². The van der Waals surface area contributed by atoms with E-state index in [0.717, 1.165) is 19.6 Å². The highest BCUT2D eigenvalue weighted by molar-refractivity contribution is 5.97. The molecule has 0 bridgehead atoms. The van der Waals surface area contributed by atoms with E-state index in [2.05, 4.69) is 0 Å². The fourth-order valence-electron chi connectivity index (χ4n) is 3.18. The molecule has 2 fully saturated rings. The van der Waals surface area contributed by atoms with Crippen molar-refractivity contribution in [3.8, 4) is 11.5 Å². The number of benzene rings is 1. The topological polar surface area (TPSA) is 57.2 Å². The van der Waals surface area contributed by atoms with Crippen LogP contribution in [0.2, 0.25) is 0 Å². The van der Waals surface area contributed by atoms with Crippen molar-refractivity contribution in [2.75, 3.05) is 40.5 Å². The smallest absolute Gasteiger partial charge is 0.257 e. The van der Waals surface area contributed by atoms with Crippen LogP contribution in [-0.2, 0) is 9.47 Å². The maximum atomic E-state index is 12.8. The van der Waals surface area contributed by atoms with Crippen molar-refractivity contribution in [3.63, 3.8) is 0 Å². The van der Waals surface area contributed by atoms with Crippen LogP contribution in [0.1, 0.15) is 29.6 Å². The van der Waals surface area contributed by atoms with Gasteiger partial charge in [0.25, 0.3) is 5.91 Å². The Balaban J connectivity index is 1.72. The number of hydrogen-bond donors (Lipinski definition) is 0. The number of hydrogen-bond acceptors (Lipinski definition) is 5. The van der Waals surface area contributed by atoms with Crippen molar-refractivity contribution in [3.05, 3.63) is 23.8 Å². The quantitative estimate of drug-likeness (QED) is 0.853. The third kappa shape index (κ3) is 3.14. The fraction of sp³-hybridized carbons (Fsp3) is 0.588. The maximum absolute atomic E-state index is 12.8. The monoisotopic (exact) mass is 321 g/mol. The summed E-state index contributed by atoms with van der Waals surface area (Å²) in [6, 6.07) is 5.35. The molecule has 2 saturated heterocycles. The van der Waals surface area contributed by atoms with Gasteiger partial charge in [-0.15, -0.1) is 0 Å². The Kier molecular flexibility index (Phi) is 4.73. The molecule has 2 aliphatic rings. The number of para-hydroxylation sites is 1. The van der Waals surface area contributed by atoms with Gasteiger partial charge in [0, 0.05) is 25.9 Å². The molecule has 1 spiro atoms. The summed E-state index contributed by atoms with van der Waals surface area (Å²) in [5.41, 5.74) is 0.522. The zero-order valence-corrected chi connectivity index (χ0v) is 13.7. The third-order valence-corrected chi connectivity index (χ3v) is 4.46. The summed E-state index contributed by atoms with van der Waals surface area (Å²) >= 11 is 0. The summed E-state index contributed by atoms with van der Waals surface area (Å²) in [4.78, 5) is 14.7. The molecule has 0 atom stereocenters. The van der Waals surface area contributed by atoms with E-state index in [1.54, 1.807) is 32.4 Å². The molecule has 0 aromatic heterocycles. The van der Waals surface area contributed by atoms with Gasteiger partial charge >= 0.3 is 0 Å². The average molecular weight is 321 g/mol. The molecule has 1 amide bonds. The van der Waals surface area contributed by atoms with Gasteiger partial charge in [-0.25, -0.2) is 0 Å². The SMILES string of the molecule is COc1cccc(C(=O)N2CCC3(CC2)OCCCO3)c1OC. The molecule has 6 heteroatoms. The van der Waals surface area contributed by atoms with Gasteiger partial charge < -0.3 is 23.8 Å². The Bertz CT molecular complexity index is 558. The molecule has 0 radical (unpaired) electrons. The summed E-state index contributed by atoms with van der Waals surface area (Å²) in [5, 5.41) is 0. The summed E-state index contributed by atoms with van der Waals surface area (Å²) < 4.78 is 22.3. The van der Waals surface area contributed by atoms with E-state index in [0.29, 0.717) is 43.0 Å². The van der Waals surface area contributed by atoms with Crippen LogP contribution in [0.5, 0.6) is 11.5 Å². The van der Waals surface area contributed by atoms with E-state index in [4.69, 9.17) is 18.9 Å². The van der Waals surface area contributed by atoms with Crippen LogP contribution in [0.25, 0.3) is 0 Å². The average Bonchev–Trinajstić information content (AvgIpc) is 2.61. The summed E-state index contributed by atoms with van der Waals surface area (Å²) in [6.45, 7) is 2.69. The third-order valence-electron chi connectivity index (χ3n) is 4.46. The molecule has 23 heavy (non-hydrogen) atoms. The van der Waals surface area contributed by atoms with Gasteiger partial charge in [-0.3, -0.25) is 4.79 Å². The van der Waals surface area contributed by atoms with Crippen molar-refractivity contribution in [1.29, 1.82) is 0 Å². The number of likely N-dealkylation sites (tertiary alicyclic amines) is 1. The molecule has 0 aliphatic carbocycles. The van der Waals surface area contributed by atoms with E-state index >= 15 is 0 Å². The fourth-order valence-corrected chi connectivity index (χ4v) is 3.18. The van der Waals surface area contributed by atoms with E-state index in [1.807, 2.05) is 4.90 Å². The molecule has 3 rings (SSSR count). The Morgan fingerprint density at radius 3 is 2.43 bits per heavy atom. The van der Waals surface area contributed by atoms with Crippen molar-refractivity contribution in [1.82, 2.24) is 4.90 Å². The number of methoxy groups -OCH3 is 2. The van der Waals surface area contributed by atoms with Gasteiger partial charge in [0.05, 0.1) is 33.0 Å².